The SMILES string of the molecule is COc1ccc([N+](=O)[O-])cc1NC(=O)/C(C#N)=C/c1ccc(OC)c(OCc2c(Cl)cccc2Cl)c1. The summed E-state index contributed by atoms with van der Waals surface area (Å²) in [7, 11) is 2.83. The molecule has 0 bridgehead atoms. The van der Waals surface area contributed by atoms with Crippen LogP contribution in [0.5, 0.6) is 17.2 Å². The number of carbonyl (C=O) groups excluding carboxylic acids is 1. The number of methoxy groups -OCH3 is 2. The van der Waals surface area contributed by atoms with E-state index in [0.717, 1.165) is 6.07 Å². The van der Waals surface area contributed by atoms with E-state index in [4.69, 9.17) is 37.4 Å². The van der Waals surface area contributed by atoms with Crippen molar-refractivity contribution in [2.75, 3.05) is 19.5 Å². The van der Waals surface area contributed by atoms with Crippen molar-refractivity contribution < 1.29 is 23.9 Å². The number of non-ortho nitro benzene ring substituents is 1. The molecule has 0 aliphatic carbocycles. The van der Waals surface area contributed by atoms with E-state index < -0.39 is 10.8 Å². The molecule has 0 heterocycles. The Balaban J connectivity index is 1.87. The monoisotopic (exact) mass is 527 g/mol. The first-order valence-electron chi connectivity index (χ1n) is 10.3. The van der Waals surface area contributed by atoms with E-state index in [0.29, 0.717) is 32.7 Å². The fourth-order valence-electron chi connectivity index (χ4n) is 3.13. The number of nitriles is 1. The van der Waals surface area contributed by atoms with Gasteiger partial charge in [0.2, 0.25) is 0 Å². The third kappa shape index (κ3) is 6.24. The molecule has 0 radical (unpaired) electrons. The molecule has 0 aliphatic heterocycles. The summed E-state index contributed by atoms with van der Waals surface area (Å²) >= 11 is 12.4. The molecule has 0 saturated heterocycles. The number of nitro benzene ring substituents is 1. The Morgan fingerprint density at radius 2 is 1.72 bits per heavy atom. The van der Waals surface area contributed by atoms with Gasteiger partial charge in [0.15, 0.2) is 11.5 Å². The van der Waals surface area contributed by atoms with Crippen LogP contribution >= 0.6 is 23.2 Å². The molecule has 1 amide bonds. The highest BCUT2D eigenvalue weighted by molar-refractivity contribution is 6.35. The Hall–Kier alpha value is -4.26. The van der Waals surface area contributed by atoms with E-state index in [9.17, 15) is 20.2 Å². The van der Waals surface area contributed by atoms with Gasteiger partial charge in [0.05, 0.1) is 24.8 Å². The fraction of sp³-hybridized carbons (Fsp3) is 0.120. The minimum atomic E-state index is -0.780. The molecule has 184 valence electrons. The van der Waals surface area contributed by atoms with Crippen LogP contribution in [0.25, 0.3) is 6.08 Å². The summed E-state index contributed by atoms with van der Waals surface area (Å²) in [5, 5.41) is 24.0. The number of nitrogens with zero attached hydrogens (tertiary/aromatic N) is 2. The van der Waals surface area contributed by atoms with Crippen molar-refractivity contribution in [1.82, 2.24) is 0 Å². The van der Waals surface area contributed by atoms with Gasteiger partial charge in [-0.1, -0.05) is 35.3 Å². The van der Waals surface area contributed by atoms with Crippen LogP contribution in [0.2, 0.25) is 10.0 Å². The van der Waals surface area contributed by atoms with Crippen molar-refractivity contribution in [3.63, 3.8) is 0 Å². The maximum Gasteiger partial charge on any atom is 0.271 e. The quantitative estimate of drug-likeness (QED) is 0.155. The average Bonchev–Trinajstić information content (AvgIpc) is 2.86. The Morgan fingerprint density at radius 1 is 1.06 bits per heavy atom. The second-order valence-corrected chi connectivity index (χ2v) is 7.98. The minimum Gasteiger partial charge on any atom is -0.495 e. The number of rotatable bonds is 9. The number of halogens is 2. The second kappa shape index (κ2) is 11.9. The maximum atomic E-state index is 12.8. The zero-order valence-corrected chi connectivity index (χ0v) is 20.6. The Labute approximate surface area is 216 Å². The normalized spacial score (nSPS) is 10.8. The first-order valence-corrected chi connectivity index (χ1v) is 11.0. The fourth-order valence-corrected chi connectivity index (χ4v) is 3.63. The standard InChI is InChI=1S/C25H19Cl2N3O6/c1-34-22-9-7-17(30(32)33)12-21(22)29-25(31)16(13-28)10-15-6-8-23(35-2)24(11-15)36-14-18-19(26)4-3-5-20(18)27/h3-12H,14H2,1-2H3,(H,29,31)/b16-10+. The first kappa shape index (κ1) is 26.3. The molecule has 3 aromatic rings. The molecule has 36 heavy (non-hydrogen) atoms. The number of benzene rings is 3. The molecule has 1 N–H and O–H groups in total. The Kier molecular flexibility index (Phi) is 8.73. The highest BCUT2D eigenvalue weighted by atomic mass is 35.5. The van der Waals surface area contributed by atoms with Gasteiger partial charge in [0.1, 0.15) is 24.0 Å². The van der Waals surface area contributed by atoms with Crippen LogP contribution < -0.4 is 19.5 Å². The molecule has 0 atom stereocenters. The van der Waals surface area contributed by atoms with Crippen molar-refractivity contribution in [2.24, 2.45) is 0 Å². The molecule has 9 nitrogen and oxygen atoms in total. The van der Waals surface area contributed by atoms with Crippen molar-refractivity contribution in [3.8, 4) is 23.3 Å². The summed E-state index contributed by atoms with van der Waals surface area (Å²) in [6, 6.07) is 15.5. The molecular formula is C25H19Cl2N3O6. The molecule has 3 aromatic carbocycles. The number of nitro groups is 1. The van der Waals surface area contributed by atoms with Crippen molar-refractivity contribution in [2.45, 2.75) is 6.61 Å². The number of carbonyl (C=O) groups is 1. The minimum absolute atomic E-state index is 0.0493. The third-order valence-electron chi connectivity index (χ3n) is 4.94. The van der Waals surface area contributed by atoms with Gasteiger partial charge in [0.25, 0.3) is 11.6 Å². The van der Waals surface area contributed by atoms with Crippen LogP contribution in [0.15, 0.2) is 60.2 Å². The summed E-state index contributed by atoms with van der Waals surface area (Å²) < 4.78 is 16.3. The van der Waals surface area contributed by atoms with Crippen LogP contribution in [-0.2, 0) is 11.4 Å². The number of amides is 1. The highest BCUT2D eigenvalue weighted by Gasteiger charge is 2.17. The van der Waals surface area contributed by atoms with Crippen LogP contribution in [0.4, 0.5) is 11.4 Å². The second-order valence-electron chi connectivity index (χ2n) is 7.16. The van der Waals surface area contributed by atoms with E-state index in [-0.39, 0.29) is 29.3 Å². The lowest BCUT2D eigenvalue weighted by Crippen LogP contribution is -2.14. The lowest BCUT2D eigenvalue weighted by atomic mass is 10.1. The van der Waals surface area contributed by atoms with Gasteiger partial charge in [-0.05, 0) is 42.0 Å². The van der Waals surface area contributed by atoms with Crippen LogP contribution in [-0.4, -0.2) is 25.1 Å². The van der Waals surface area contributed by atoms with Gasteiger partial charge in [0, 0.05) is 27.7 Å². The van der Waals surface area contributed by atoms with Crippen LogP contribution in [0.1, 0.15) is 11.1 Å². The van der Waals surface area contributed by atoms with Gasteiger partial charge in [-0.2, -0.15) is 5.26 Å². The van der Waals surface area contributed by atoms with E-state index in [1.54, 1.807) is 36.4 Å². The Bertz CT molecular complexity index is 1360. The van der Waals surface area contributed by atoms with E-state index in [1.807, 2.05) is 6.07 Å². The summed E-state index contributed by atoms with van der Waals surface area (Å²) in [6.07, 6.45) is 1.34. The topological polar surface area (TPSA) is 124 Å². The van der Waals surface area contributed by atoms with Gasteiger partial charge >= 0.3 is 0 Å². The number of anilines is 1. The summed E-state index contributed by atoms with van der Waals surface area (Å²) in [5.74, 6) is 0.168. The van der Waals surface area contributed by atoms with E-state index in [1.165, 1.54) is 32.4 Å². The Morgan fingerprint density at radius 3 is 2.33 bits per heavy atom. The lowest BCUT2D eigenvalue weighted by Gasteiger charge is -2.13. The van der Waals surface area contributed by atoms with Crippen molar-refractivity contribution >= 4 is 46.6 Å². The number of ether oxygens (including phenoxy) is 3. The number of hydrogen-bond acceptors (Lipinski definition) is 7. The third-order valence-corrected chi connectivity index (χ3v) is 5.65. The number of hydrogen-bond donors (Lipinski definition) is 1. The molecule has 0 aliphatic rings. The highest BCUT2D eigenvalue weighted by Crippen LogP contribution is 2.33. The average molecular weight is 528 g/mol. The van der Waals surface area contributed by atoms with Gasteiger partial charge in [-0.25, -0.2) is 0 Å². The van der Waals surface area contributed by atoms with E-state index >= 15 is 0 Å². The molecule has 0 aromatic heterocycles. The predicted molar refractivity (Wildman–Crippen MR) is 136 cm³/mol. The molecule has 0 saturated carbocycles. The molecule has 0 unspecified atom stereocenters. The van der Waals surface area contributed by atoms with Gasteiger partial charge in [-0.15, -0.1) is 0 Å². The van der Waals surface area contributed by atoms with Gasteiger partial charge < -0.3 is 19.5 Å². The summed E-state index contributed by atoms with van der Waals surface area (Å²) in [5.41, 5.74) is 0.604. The molecule has 11 heteroatoms. The van der Waals surface area contributed by atoms with Crippen molar-refractivity contribution in [1.29, 1.82) is 5.26 Å². The zero-order valence-electron chi connectivity index (χ0n) is 19.1. The molecule has 3 rings (SSSR count). The largest absolute Gasteiger partial charge is 0.495 e. The molecular weight excluding hydrogens is 509 g/mol. The summed E-state index contributed by atoms with van der Waals surface area (Å²) in [4.78, 5) is 23.3. The van der Waals surface area contributed by atoms with E-state index in [2.05, 4.69) is 5.32 Å². The smallest absolute Gasteiger partial charge is 0.271 e. The molecule has 0 fully saturated rings. The zero-order chi connectivity index (χ0) is 26.2. The summed E-state index contributed by atoms with van der Waals surface area (Å²) in [6.45, 7) is 0.0558. The maximum absolute atomic E-state index is 12.8. The van der Waals surface area contributed by atoms with Crippen LogP contribution in [0.3, 0.4) is 0 Å². The first-order chi connectivity index (χ1) is 17.3. The van der Waals surface area contributed by atoms with Crippen LogP contribution in [0, 0.1) is 21.4 Å². The predicted octanol–water partition coefficient (Wildman–Crippen LogP) is 6.04. The van der Waals surface area contributed by atoms with Gasteiger partial charge in [-0.3, -0.25) is 14.9 Å². The lowest BCUT2D eigenvalue weighted by molar-refractivity contribution is -0.384. The molecule has 0 spiro atoms. The number of nitrogens with one attached hydrogen (secondary N) is 1. The van der Waals surface area contributed by atoms with Crippen molar-refractivity contribution in [3.05, 3.63) is 91.5 Å².